The van der Waals surface area contributed by atoms with E-state index in [1.807, 2.05) is 19.1 Å². The molecule has 4 rings (SSSR count). The van der Waals surface area contributed by atoms with E-state index in [1.165, 1.54) is 0 Å². The number of amides is 1. The minimum Gasteiger partial charge on any atom is -0.469 e. The Morgan fingerprint density at radius 3 is 2.71 bits per heavy atom. The van der Waals surface area contributed by atoms with Gasteiger partial charge in [-0.25, -0.2) is 14.8 Å². The lowest BCUT2D eigenvalue weighted by atomic mass is 9.84. The number of aromatic nitrogens is 2. The second kappa shape index (κ2) is 7.61. The van der Waals surface area contributed by atoms with Crippen LogP contribution in [0.2, 0.25) is 0 Å². The minimum atomic E-state index is -0.281. The van der Waals surface area contributed by atoms with E-state index in [-0.39, 0.29) is 17.8 Å². The predicted molar refractivity (Wildman–Crippen MR) is 102 cm³/mol. The molecule has 2 aliphatic rings. The van der Waals surface area contributed by atoms with Gasteiger partial charge in [0.1, 0.15) is 5.76 Å². The number of ketones is 1. The Kier molecular flexibility index (Phi) is 5.02. The van der Waals surface area contributed by atoms with Crippen molar-refractivity contribution >= 4 is 17.8 Å². The van der Waals surface area contributed by atoms with E-state index in [0.717, 1.165) is 17.1 Å². The molecule has 28 heavy (non-hydrogen) atoms. The molecule has 1 aliphatic heterocycles. The lowest BCUT2D eigenvalue weighted by molar-refractivity contribution is 0.0956. The van der Waals surface area contributed by atoms with Crippen molar-refractivity contribution in [3.8, 4) is 0 Å². The van der Waals surface area contributed by atoms with E-state index in [0.29, 0.717) is 57.1 Å². The van der Waals surface area contributed by atoms with Crippen molar-refractivity contribution in [2.75, 3.05) is 37.7 Å². The number of piperazine rings is 1. The van der Waals surface area contributed by atoms with Gasteiger partial charge >= 0.3 is 6.09 Å². The zero-order valence-corrected chi connectivity index (χ0v) is 16.2. The number of carbonyl (C=O) groups excluding carboxylic acids is 2. The first-order valence-corrected chi connectivity index (χ1v) is 9.67. The molecule has 1 saturated heterocycles. The molecule has 0 N–H and O–H groups in total. The molecule has 1 amide bonds. The van der Waals surface area contributed by atoms with Crippen molar-refractivity contribution in [2.24, 2.45) is 0 Å². The molecular weight excluding hydrogens is 360 g/mol. The Balaban J connectivity index is 1.53. The molecule has 2 aromatic rings. The molecule has 8 nitrogen and oxygen atoms in total. The van der Waals surface area contributed by atoms with Gasteiger partial charge in [0.05, 0.1) is 29.8 Å². The van der Waals surface area contributed by atoms with Crippen LogP contribution >= 0.6 is 0 Å². The summed E-state index contributed by atoms with van der Waals surface area (Å²) in [6.45, 7) is 6.42. The number of rotatable bonds is 3. The van der Waals surface area contributed by atoms with Crippen molar-refractivity contribution in [1.29, 1.82) is 0 Å². The third kappa shape index (κ3) is 3.46. The molecule has 1 unspecified atom stereocenters. The van der Waals surface area contributed by atoms with Crippen LogP contribution in [0.5, 0.6) is 0 Å². The number of carbonyl (C=O) groups is 2. The summed E-state index contributed by atoms with van der Waals surface area (Å²) in [6.07, 6.45) is 2.43. The molecular formula is C20H24N4O4. The fourth-order valence-corrected chi connectivity index (χ4v) is 3.93. The number of fused-ring (bicyclic) bond motifs is 1. The van der Waals surface area contributed by atoms with Gasteiger partial charge in [-0.3, -0.25) is 4.79 Å². The quantitative estimate of drug-likeness (QED) is 0.803. The number of hydrogen-bond donors (Lipinski definition) is 0. The van der Waals surface area contributed by atoms with Gasteiger partial charge in [0.2, 0.25) is 5.95 Å². The second-order valence-electron chi connectivity index (χ2n) is 7.15. The molecule has 0 radical (unpaired) electrons. The second-order valence-corrected chi connectivity index (χ2v) is 7.15. The summed E-state index contributed by atoms with van der Waals surface area (Å²) in [7, 11) is 0. The summed E-state index contributed by atoms with van der Waals surface area (Å²) in [5.41, 5.74) is 2.15. The van der Waals surface area contributed by atoms with Crippen LogP contribution in [0.25, 0.3) is 0 Å². The van der Waals surface area contributed by atoms with Gasteiger partial charge in [0.15, 0.2) is 5.78 Å². The topological polar surface area (TPSA) is 88.8 Å². The number of nitrogens with zero attached hydrogens (tertiary/aromatic N) is 4. The zero-order chi connectivity index (χ0) is 19.7. The van der Waals surface area contributed by atoms with Gasteiger partial charge in [-0.1, -0.05) is 0 Å². The number of hydrogen-bond acceptors (Lipinski definition) is 7. The van der Waals surface area contributed by atoms with E-state index in [4.69, 9.17) is 14.1 Å². The van der Waals surface area contributed by atoms with E-state index < -0.39 is 0 Å². The summed E-state index contributed by atoms with van der Waals surface area (Å²) >= 11 is 0. The minimum absolute atomic E-state index is 0.0119. The van der Waals surface area contributed by atoms with Gasteiger partial charge in [-0.2, -0.15) is 0 Å². The number of furan rings is 1. The molecule has 0 bridgehead atoms. The molecule has 0 saturated carbocycles. The molecule has 1 fully saturated rings. The summed E-state index contributed by atoms with van der Waals surface area (Å²) in [5, 5.41) is 0. The van der Waals surface area contributed by atoms with Gasteiger partial charge in [-0.05, 0) is 26.0 Å². The lowest BCUT2D eigenvalue weighted by Gasteiger charge is -2.34. The van der Waals surface area contributed by atoms with Crippen LogP contribution in [0.15, 0.2) is 22.8 Å². The largest absolute Gasteiger partial charge is 0.469 e. The fraction of sp³-hybridized carbons (Fsp3) is 0.500. The molecule has 3 heterocycles. The molecule has 1 aliphatic carbocycles. The standard InChI is InChI=1S/C20H24N4O4/c1-3-27-20(26)24-8-6-23(7-9-24)19-21-13(2)18-15(22-19)11-14(12-16(18)25)17-5-4-10-28-17/h4-5,10,14H,3,6-9,11-12H2,1-2H3. The van der Waals surface area contributed by atoms with Crippen molar-refractivity contribution < 1.29 is 18.7 Å². The number of anilines is 1. The molecule has 2 aromatic heterocycles. The Morgan fingerprint density at radius 1 is 1.25 bits per heavy atom. The van der Waals surface area contributed by atoms with Crippen LogP contribution in [0.4, 0.5) is 10.7 Å². The highest BCUT2D eigenvalue weighted by atomic mass is 16.6. The maximum atomic E-state index is 12.7. The van der Waals surface area contributed by atoms with Crippen molar-refractivity contribution in [3.05, 3.63) is 41.1 Å². The molecule has 1 atom stereocenters. The van der Waals surface area contributed by atoms with Gasteiger partial charge in [-0.15, -0.1) is 0 Å². The Labute approximate surface area is 163 Å². The van der Waals surface area contributed by atoms with Crippen LogP contribution in [0.3, 0.4) is 0 Å². The van der Waals surface area contributed by atoms with Crippen LogP contribution in [0.1, 0.15) is 46.8 Å². The smallest absolute Gasteiger partial charge is 0.409 e. The lowest BCUT2D eigenvalue weighted by Crippen LogP contribution is -2.49. The monoisotopic (exact) mass is 384 g/mol. The first-order chi connectivity index (χ1) is 13.6. The highest BCUT2D eigenvalue weighted by molar-refractivity contribution is 5.99. The summed E-state index contributed by atoms with van der Waals surface area (Å²) in [6, 6.07) is 3.75. The van der Waals surface area contributed by atoms with Gasteiger partial charge in [0.25, 0.3) is 0 Å². The molecule has 148 valence electrons. The average Bonchev–Trinajstić information content (AvgIpc) is 3.22. The normalized spacial score (nSPS) is 19.5. The summed E-state index contributed by atoms with van der Waals surface area (Å²) in [4.78, 5) is 37.6. The van der Waals surface area contributed by atoms with E-state index in [1.54, 1.807) is 18.1 Å². The van der Waals surface area contributed by atoms with E-state index >= 15 is 0 Å². The number of aryl methyl sites for hydroxylation is 1. The number of ether oxygens (including phenoxy) is 1. The van der Waals surface area contributed by atoms with Gasteiger partial charge in [0, 0.05) is 44.9 Å². The van der Waals surface area contributed by atoms with E-state index in [9.17, 15) is 9.59 Å². The fourth-order valence-electron chi connectivity index (χ4n) is 3.93. The van der Waals surface area contributed by atoms with Crippen LogP contribution in [0, 0.1) is 6.92 Å². The first-order valence-electron chi connectivity index (χ1n) is 9.67. The highest BCUT2D eigenvalue weighted by Gasteiger charge is 2.32. The van der Waals surface area contributed by atoms with Crippen molar-refractivity contribution in [3.63, 3.8) is 0 Å². The van der Waals surface area contributed by atoms with Crippen LogP contribution in [-0.4, -0.2) is 59.5 Å². The van der Waals surface area contributed by atoms with Crippen molar-refractivity contribution in [1.82, 2.24) is 14.9 Å². The summed E-state index contributed by atoms with van der Waals surface area (Å²) in [5.74, 6) is 1.52. The van der Waals surface area contributed by atoms with Crippen LogP contribution < -0.4 is 4.90 Å². The summed E-state index contributed by atoms with van der Waals surface area (Å²) < 4.78 is 10.6. The third-order valence-corrected chi connectivity index (χ3v) is 5.34. The molecule has 0 aromatic carbocycles. The Hall–Kier alpha value is -2.90. The van der Waals surface area contributed by atoms with Crippen LogP contribution in [-0.2, 0) is 11.2 Å². The van der Waals surface area contributed by atoms with Gasteiger partial charge < -0.3 is 19.0 Å². The number of Topliss-reactive ketones (excluding diaryl/α,β-unsaturated/α-hetero) is 1. The maximum Gasteiger partial charge on any atom is 0.409 e. The predicted octanol–water partition coefficient (Wildman–Crippen LogP) is 2.57. The highest BCUT2D eigenvalue weighted by Crippen LogP contribution is 2.34. The average molecular weight is 384 g/mol. The maximum absolute atomic E-state index is 12.7. The molecule has 8 heteroatoms. The van der Waals surface area contributed by atoms with Crippen molar-refractivity contribution in [2.45, 2.75) is 32.6 Å². The zero-order valence-electron chi connectivity index (χ0n) is 16.2. The SMILES string of the molecule is CCOC(=O)N1CCN(c2nc(C)c3c(n2)CC(c2ccco2)CC3=O)CC1. The third-order valence-electron chi connectivity index (χ3n) is 5.34. The Bertz CT molecular complexity index is 873. The molecule has 0 spiro atoms. The first kappa shape index (κ1) is 18.5. The van der Waals surface area contributed by atoms with E-state index in [2.05, 4.69) is 9.88 Å². The Morgan fingerprint density at radius 2 is 2.04 bits per heavy atom.